The van der Waals surface area contributed by atoms with E-state index in [1.54, 1.807) is 12.3 Å². The summed E-state index contributed by atoms with van der Waals surface area (Å²) in [5.74, 6) is 0.745. The van der Waals surface area contributed by atoms with Crippen molar-refractivity contribution in [3.8, 4) is 11.6 Å². The summed E-state index contributed by atoms with van der Waals surface area (Å²) >= 11 is 3.29. The standard InChI is InChI=1S/C15H16BrFN2O/c1-3-18-10(2)12-5-4-8-19-15(12)20-14-7-6-11(17)9-13(14)16/h4-10,18H,3H2,1-2H3. The van der Waals surface area contributed by atoms with Crippen LogP contribution in [-0.2, 0) is 0 Å². The molecule has 0 radical (unpaired) electrons. The lowest BCUT2D eigenvalue weighted by atomic mass is 10.1. The predicted octanol–water partition coefficient (Wildman–Crippen LogP) is 4.45. The maximum atomic E-state index is 13.1. The van der Waals surface area contributed by atoms with Gasteiger partial charge in [0.1, 0.15) is 11.6 Å². The third kappa shape index (κ3) is 3.55. The molecule has 2 aromatic rings. The maximum absolute atomic E-state index is 13.1. The topological polar surface area (TPSA) is 34.2 Å². The van der Waals surface area contributed by atoms with Gasteiger partial charge >= 0.3 is 0 Å². The van der Waals surface area contributed by atoms with E-state index in [1.807, 2.05) is 26.0 Å². The minimum Gasteiger partial charge on any atom is -0.437 e. The van der Waals surface area contributed by atoms with E-state index in [9.17, 15) is 4.39 Å². The molecule has 0 saturated heterocycles. The van der Waals surface area contributed by atoms with E-state index in [2.05, 4.69) is 26.2 Å². The summed E-state index contributed by atoms with van der Waals surface area (Å²) in [6, 6.07) is 8.27. The van der Waals surface area contributed by atoms with Crippen molar-refractivity contribution in [2.45, 2.75) is 19.9 Å². The average Bonchev–Trinajstić information content (AvgIpc) is 2.43. The number of hydrogen-bond donors (Lipinski definition) is 1. The molecule has 20 heavy (non-hydrogen) atoms. The first kappa shape index (κ1) is 14.9. The van der Waals surface area contributed by atoms with Crippen LogP contribution in [0, 0.1) is 5.82 Å². The van der Waals surface area contributed by atoms with Crippen LogP contribution >= 0.6 is 15.9 Å². The third-order valence-electron chi connectivity index (χ3n) is 2.88. The van der Waals surface area contributed by atoms with E-state index in [-0.39, 0.29) is 11.9 Å². The third-order valence-corrected chi connectivity index (χ3v) is 3.50. The van der Waals surface area contributed by atoms with E-state index >= 15 is 0 Å². The van der Waals surface area contributed by atoms with Crippen LogP contribution in [0.4, 0.5) is 4.39 Å². The van der Waals surface area contributed by atoms with Crippen molar-refractivity contribution in [3.63, 3.8) is 0 Å². The molecule has 0 saturated carbocycles. The van der Waals surface area contributed by atoms with Crippen LogP contribution < -0.4 is 10.1 Å². The Hall–Kier alpha value is -1.46. The van der Waals surface area contributed by atoms with Crippen molar-refractivity contribution in [2.24, 2.45) is 0 Å². The van der Waals surface area contributed by atoms with Crippen LogP contribution in [0.25, 0.3) is 0 Å². The van der Waals surface area contributed by atoms with Gasteiger partial charge in [-0.05, 0) is 53.7 Å². The number of benzene rings is 1. The Labute approximate surface area is 126 Å². The number of ether oxygens (including phenoxy) is 1. The second kappa shape index (κ2) is 6.81. The van der Waals surface area contributed by atoms with Gasteiger partial charge in [0.05, 0.1) is 4.47 Å². The smallest absolute Gasteiger partial charge is 0.224 e. The Morgan fingerprint density at radius 2 is 2.20 bits per heavy atom. The average molecular weight is 339 g/mol. The van der Waals surface area contributed by atoms with Crippen LogP contribution in [0.2, 0.25) is 0 Å². The fourth-order valence-corrected chi connectivity index (χ4v) is 2.33. The van der Waals surface area contributed by atoms with E-state index in [1.165, 1.54) is 12.1 Å². The molecule has 0 spiro atoms. The fraction of sp³-hybridized carbons (Fsp3) is 0.267. The van der Waals surface area contributed by atoms with Gasteiger partial charge < -0.3 is 10.1 Å². The Morgan fingerprint density at radius 1 is 1.40 bits per heavy atom. The van der Waals surface area contributed by atoms with Crippen molar-refractivity contribution in [3.05, 3.63) is 52.4 Å². The fourth-order valence-electron chi connectivity index (χ4n) is 1.90. The molecule has 3 nitrogen and oxygen atoms in total. The van der Waals surface area contributed by atoms with Gasteiger partial charge in [0.15, 0.2) is 0 Å². The minimum atomic E-state index is -0.313. The second-order valence-electron chi connectivity index (χ2n) is 4.35. The highest BCUT2D eigenvalue weighted by Crippen LogP contribution is 2.32. The van der Waals surface area contributed by atoms with Crippen molar-refractivity contribution >= 4 is 15.9 Å². The molecular formula is C15H16BrFN2O. The zero-order valence-corrected chi connectivity index (χ0v) is 12.9. The summed E-state index contributed by atoms with van der Waals surface area (Å²) in [6.45, 7) is 4.95. The van der Waals surface area contributed by atoms with Gasteiger partial charge in [0.25, 0.3) is 0 Å². The quantitative estimate of drug-likeness (QED) is 0.874. The summed E-state index contributed by atoms with van der Waals surface area (Å²) in [6.07, 6.45) is 1.68. The molecule has 0 bridgehead atoms. The Morgan fingerprint density at radius 3 is 2.90 bits per heavy atom. The number of nitrogens with one attached hydrogen (secondary N) is 1. The first-order valence-corrected chi connectivity index (χ1v) is 7.22. The molecule has 0 aliphatic carbocycles. The summed E-state index contributed by atoms with van der Waals surface area (Å²) in [5.41, 5.74) is 0.963. The van der Waals surface area contributed by atoms with Crippen molar-refractivity contribution in [1.29, 1.82) is 0 Å². The minimum absolute atomic E-state index is 0.128. The van der Waals surface area contributed by atoms with E-state index in [0.717, 1.165) is 12.1 Å². The lowest BCUT2D eigenvalue weighted by molar-refractivity contribution is 0.440. The normalized spacial score (nSPS) is 12.2. The van der Waals surface area contributed by atoms with Gasteiger partial charge in [-0.15, -0.1) is 0 Å². The first-order valence-electron chi connectivity index (χ1n) is 6.43. The highest BCUT2D eigenvalue weighted by Gasteiger charge is 2.13. The number of hydrogen-bond acceptors (Lipinski definition) is 3. The molecule has 1 aromatic heterocycles. The van der Waals surface area contributed by atoms with Crippen LogP contribution in [0.15, 0.2) is 41.0 Å². The van der Waals surface area contributed by atoms with Crippen LogP contribution in [0.5, 0.6) is 11.6 Å². The predicted molar refractivity (Wildman–Crippen MR) is 80.5 cm³/mol. The highest BCUT2D eigenvalue weighted by atomic mass is 79.9. The zero-order valence-electron chi connectivity index (χ0n) is 11.4. The SMILES string of the molecule is CCNC(C)c1cccnc1Oc1ccc(F)cc1Br. The summed E-state index contributed by atoms with van der Waals surface area (Å²) in [4.78, 5) is 4.26. The number of rotatable bonds is 5. The monoisotopic (exact) mass is 338 g/mol. The molecule has 1 unspecified atom stereocenters. The molecule has 0 aliphatic heterocycles. The molecule has 0 aliphatic rings. The number of aromatic nitrogens is 1. The number of halogens is 2. The molecule has 2 rings (SSSR count). The Bertz CT molecular complexity index is 592. The molecule has 1 heterocycles. The zero-order chi connectivity index (χ0) is 14.5. The molecule has 106 valence electrons. The molecule has 1 N–H and O–H groups in total. The lowest BCUT2D eigenvalue weighted by Crippen LogP contribution is -2.18. The molecule has 1 atom stereocenters. The van der Waals surface area contributed by atoms with Gasteiger partial charge in [-0.1, -0.05) is 13.0 Å². The van der Waals surface area contributed by atoms with Crippen molar-refractivity contribution < 1.29 is 9.13 Å². The lowest BCUT2D eigenvalue weighted by Gasteiger charge is -2.16. The Balaban J connectivity index is 2.29. The van der Waals surface area contributed by atoms with E-state index in [0.29, 0.717) is 16.1 Å². The second-order valence-corrected chi connectivity index (χ2v) is 5.21. The molecule has 0 fully saturated rings. The van der Waals surface area contributed by atoms with E-state index in [4.69, 9.17) is 4.74 Å². The van der Waals surface area contributed by atoms with Gasteiger partial charge in [-0.25, -0.2) is 9.37 Å². The summed E-state index contributed by atoms with van der Waals surface area (Å²) in [5, 5.41) is 3.32. The van der Waals surface area contributed by atoms with Gasteiger partial charge in [-0.2, -0.15) is 0 Å². The summed E-state index contributed by atoms with van der Waals surface area (Å²) < 4.78 is 19.4. The Kier molecular flexibility index (Phi) is 5.09. The first-order chi connectivity index (χ1) is 9.61. The molecule has 5 heteroatoms. The maximum Gasteiger partial charge on any atom is 0.224 e. The number of nitrogens with zero attached hydrogens (tertiary/aromatic N) is 1. The molecular weight excluding hydrogens is 323 g/mol. The molecule has 1 aromatic carbocycles. The van der Waals surface area contributed by atoms with E-state index < -0.39 is 0 Å². The van der Waals surface area contributed by atoms with Crippen molar-refractivity contribution in [2.75, 3.05) is 6.54 Å². The van der Waals surface area contributed by atoms with Crippen molar-refractivity contribution in [1.82, 2.24) is 10.3 Å². The van der Waals surface area contributed by atoms with Crippen LogP contribution in [0.1, 0.15) is 25.5 Å². The van der Waals surface area contributed by atoms with Gasteiger partial charge in [-0.3, -0.25) is 0 Å². The van der Waals surface area contributed by atoms with Crippen LogP contribution in [-0.4, -0.2) is 11.5 Å². The van der Waals surface area contributed by atoms with Crippen LogP contribution in [0.3, 0.4) is 0 Å². The number of pyridine rings is 1. The molecule has 0 amide bonds. The van der Waals surface area contributed by atoms with Gasteiger partial charge in [0, 0.05) is 17.8 Å². The summed E-state index contributed by atoms with van der Waals surface area (Å²) in [7, 11) is 0. The highest BCUT2D eigenvalue weighted by molar-refractivity contribution is 9.10. The largest absolute Gasteiger partial charge is 0.437 e. The van der Waals surface area contributed by atoms with Gasteiger partial charge in [0.2, 0.25) is 5.88 Å².